The van der Waals surface area contributed by atoms with Crippen molar-refractivity contribution in [2.45, 2.75) is 38.6 Å². The van der Waals surface area contributed by atoms with E-state index in [4.69, 9.17) is 0 Å². The van der Waals surface area contributed by atoms with Crippen LogP contribution < -0.4 is 5.32 Å². The van der Waals surface area contributed by atoms with Crippen LogP contribution in [0.4, 0.5) is 0 Å². The highest BCUT2D eigenvalue weighted by Gasteiger charge is 2.17. The molecular weight excluding hydrogens is 248 g/mol. The van der Waals surface area contributed by atoms with E-state index >= 15 is 0 Å². The van der Waals surface area contributed by atoms with Crippen molar-refractivity contribution >= 4 is 5.91 Å². The summed E-state index contributed by atoms with van der Waals surface area (Å²) in [5, 5.41) is 3.05. The van der Waals surface area contributed by atoms with Gasteiger partial charge >= 0.3 is 0 Å². The molecule has 2 aromatic rings. The molecule has 1 aromatic carbocycles. The van der Waals surface area contributed by atoms with Gasteiger partial charge in [-0.1, -0.05) is 30.3 Å². The van der Waals surface area contributed by atoms with E-state index in [-0.39, 0.29) is 11.9 Å². The first-order valence-corrected chi connectivity index (χ1v) is 7.30. The molecule has 1 amide bonds. The van der Waals surface area contributed by atoms with Crippen LogP contribution in [0.25, 0.3) is 0 Å². The van der Waals surface area contributed by atoms with E-state index < -0.39 is 0 Å². The molecule has 0 spiro atoms. The lowest BCUT2D eigenvalue weighted by molar-refractivity contribution is 0.0935. The molecule has 3 nitrogen and oxygen atoms in total. The lowest BCUT2D eigenvalue weighted by atomic mass is 9.98. The Bertz CT molecular complexity index is 577. The molecule has 0 aliphatic heterocycles. The minimum absolute atomic E-state index is 0.0176. The second kappa shape index (κ2) is 5.53. The number of aryl methyl sites for hydroxylation is 2. The van der Waals surface area contributed by atoms with E-state index in [0.29, 0.717) is 5.69 Å². The Morgan fingerprint density at radius 1 is 1.20 bits per heavy atom. The monoisotopic (exact) mass is 268 g/mol. The van der Waals surface area contributed by atoms with Gasteiger partial charge in [-0.3, -0.25) is 4.79 Å². The third-order valence-electron chi connectivity index (χ3n) is 4.01. The van der Waals surface area contributed by atoms with Crippen LogP contribution in [-0.4, -0.2) is 10.9 Å². The number of aromatic nitrogens is 1. The van der Waals surface area contributed by atoms with Gasteiger partial charge in [-0.05, 0) is 49.8 Å². The van der Waals surface area contributed by atoms with Gasteiger partial charge in [-0.2, -0.15) is 0 Å². The van der Waals surface area contributed by atoms with Gasteiger partial charge in [0.2, 0.25) is 0 Å². The first kappa shape index (κ1) is 13.0. The SMILES string of the molecule is C[C@@H](NC(=O)c1cc2c([nH]1)CCCC2)c1ccccc1. The maximum absolute atomic E-state index is 12.3. The van der Waals surface area contributed by atoms with E-state index in [0.717, 1.165) is 18.4 Å². The van der Waals surface area contributed by atoms with Gasteiger partial charge in [0.1, 0.15) is 5.69 Å². The maximum Gasteiger partial charge on any atom is 0.268 e. The average molecular weight is 268 g/mol. The Hall–Kier alpha value is -2.03. The summed E-state index contributed by atoms with van der Waals surface area (Å²) in [6.07, 6.45) is 4.60. The molecule has 1 aliphatic carbocycles. The van der Waals surface area contributed by atoms with E-state index in [1.54, 1.807) is 0 Å². The molecule has 1 aliphatic rings. The first-order valence-electron chi connectivity index (χ1n) is 7.30. The molecule has 0 unspecified atom stereocenters. The number of benzene rings is 1. The van der Waals surface area contributed by atoms with Crippen LogP contribution in [-0.2, 0) is 12.8 Å². The van der Waals surface area contributed by atoms with Gasteiger partial charge < -0.3 is 10.3 Å². The minimum Gasteiger partial charge on any atom is -0.354 e. The van der Waals surface area contributed by atoms with Gasteiger partial charge in [0.05, 0.1) is 6.04 Å². The third-order valence-corrected chi connectivity index (χ3v) is 4.01. The zero-order valence-electron chi connectivity index (χ0n) is 11.8. The van der Waals surface area contributed by atoms with Crippen molar-refractivity contribution in [2.75, 3.05) is 0 Å². The number of nitrogens with one attached hydrogen (secondary N) is 2. The van der Waals surface area contributed by atoms with Crippen molar-refractivity contribution in [3.05, 3.63) is 58.9 Å². The van der Waals surface area contributed by atoms with Gasteiger partial charge in [-0.25, -0.2) is 0 Å². The molecule has 3 heteroatoms. The van der Waals surface area contributed by atoms with E-state index in [2.05, 4.69) is 10.3 Å². The number of fused-ring (bicyclic) bond motifs is 1. The predicted molar refractivity (Wildman–Crippen MR) is 79.8 cm³/mol. The molecule has 20 heavy (non-hydrogen) atoms. The van der Waals surface area contributed by atoms with Crippen molar-refractivity contribution in [3.63, 3.8) is 0 Å². The standard InChI is InChI=1S/C17H20N2O/c1-12(13-7-3-2-4-8-13)18-17(20)16-11-14-9-5-6-10-15(14)19-16/h2-4,7-8,11-12,19H,5-6,9-10H2,1H3,(H,18,20)/t12-/m1/s1. The molecule has 0 saturated carbocycles. The summed E-state index contributed by atoms with van der Waals surface area (Å²) in [5.41, 5.74) is 4.37. The Morgan fingerprint density at radius 3 is 2.70 bits per heavy atom. The molecule has 0 saturated heterocycles. The lowest BCUT2D eigenvalue weighted by Gasteiger charge is -2.13. The summed E-state index contributed by atoms with van der Waals surface area (Å²) in [4.78, 5) is 15.6. The molecule has 1 aromatic heterocycles. The number of H-pyrrole nitrogens is 1. The third kappa shape index (κ3) is 2.62. The molecule has 0 bridgehead atoms. The molecule has 2 N–H and O–H groups in total. The fourth-order valence-electron chi connectivity index (χ4n) is 2.83. The fraction of sp³-hybridized carbons (Fsp3) is 0.353. The molecular formula is C17H20N2O. The highest BCUT2D eigenvalue weighted by atomic mass is 16.1. The van der Waals surface area contributed by atoms with E-state index in [9.17, 15) is 4.79 Å². The Labute approximate surface area is 119 Å². The summed E-state index contributed by atoms with van der Waals surface area (Å²) in [7, 11) is 0. The topological polar surface area (TPSA) is 44.9 Å². The van der Waals surface area contributed by atoms with Gasteiger partial charge in [0, 0.05) is 5.69 Å². The summed E-state index contributed by atoms with van der Waals surface area (Å²) in [6, 6.07) is 12.1. The van der Waals surface area contributed by atoms with Crippen LogP contribution in [0.1, 0.15) is 53.1 Å². The minimum atomic E-state index is -0.0178. The number of aromatic amines is 1. The van der Waals surface area contributed by atoms with Crippen LogP contribution in [0.2, 0.25) is 0 Å². The number of carbonyl (C=O) groups excluding carboxylic acids is 1. The second-order valence-electron chi connectivity index (χ2n) is 5.50. The molecule has 0 fully saturated rings. The van der Waals surface area contributed by atoms with Crippen LogP contribution in [0.15, 0.2) is 36.4 Å². The Balaban J connectivity index is 1.71. The zero-order chi connectivity index (χ0) is 13.9. The van der Waals surface area contributed by atoms with Crippen molar-refractivity contribution in [1.82, 2.24) is 10.3 Å². The second-order valence-corrected chi connectivity index (χ2v) is 5.50. The molecule has 1 atom stereocenters. The molecule has 0 radical (unpaired) electrons. The number of hydrogen-bond donors (Lipinski definition) is 2. The summed E-state index contributed by atoms with van der Waals surface area (Å²) in [5.74, 6) is -0.0178. The van der Waals surface area contributed by atoms with Crippen LogP contribution in [0.5, 0.6) is 0 Å². The smallest absolute Gasteiger partial charge is 0.268 e. The zero-order valence-corrected chi connectivity index (χ0v) is 11.8. The lowest BCUT2D eigenvalue weighted by Crippen LogP contribution is -2.26. The summed E-state index contributed by atoms with van der Waals surface area (Å²) < 4.78 is 0. The molecule has 104 valence electrons. The van der Waals surface area contributed by atoms with Crippen molar-refractivity contribution < 1.29 is 4.79 Å². The number of rotatable bonds is 3. The first-order chi connectivity index (χ1) is 9.74. The fourth-order valence-corrected chi connectivity index (χ4v) is 2.83. The highest BCUT2D eigenvalue weighted by Crippen LogP contribution is 2.22. The normalized spacial score (nSPS) is 15.4. The number of carbonyl (C=O) groups is 1. The maximum atomic E-state index is 12.3. The van der Waals surface area contributed by atoms with E-state index in [1.807, 2.05) is 43.3 Å². The van der Waals surface area contributed by atoms with Gasteiger partial charge in [0.25, 0.3) is 5.91 Å². The van der Waals surface area contributed by atoms with E-state index in [1.165, 1.54) is 24.1 Å². The predicted octanol–water partition coefficient (Wildman–Crippen LogP) is 3.38. The Morgan fingerprint density at radius 2 is 1.95 bits per heavy atom. The van der Waals surface area contributed by atoms with Crippen LogP contribution in [0, 0.1) is 0 Å². The van der Waals surface area contributed by atoms with Crippen molar-refractivity contribution in [2.24, 2.45) is 0 Å². The molecule has 1 heterocycles. The summed E-state index contributed by atoms with van der Waals surface area (Å²) >= 11 is 0. The van der Waals surface area contributed by atoms with Crippen LogP contribution >= 0.6 is 0 Å². The number of amides is 1. The highest BCUT2D eigenvalue weighted by molar-refractivity contribution is 5.93. The average Bonchev–Trinajstić information content (AvgIpc) is 2.92. The van der Waals surface area contributed by atoms with Gasteiger partial charge in [-0.15, -0.1) is 0 Å². The summed E-state index contributed by atoms with van der Waals surface area (Å²) in [6.45, 7) is 2.01. The largest absolute Gasteiger partial charge is 0.354 e. The van der Waals surface area contributed by atoms with Gasteiger partial charge in [0.15, 0.2) is 0 Å². The molecule has 3 rings (SSSR count). The number of hydrogen-bond acceptors (Lipinski definition) is 1. The Kier molecular flexibility index (Phi) is 3.59. The van der Waals surface area contributed by atoms with Crippen LogP contribution in [0.3, 0.4) is 0 Å². The van der Waals surface area contributed by atoms with Crippen molar-refractivity contribution in [3.8, 4) is 0 Å². The quantitative estimate of drug-likeness (QED) is 0.880. The van der Waals surface area contributed by atoms with Crippen molar-refractivity contribution in [1.29, 1.82) is 0 Å².